The van der Waals surface area contributed by atoms with Crippen molar-refractivity contribution in [2.45, 2.75) is 33.2 Å². The van der Waals surface area contributed by atoms with Crippen molar-refractivity contribution in [3.05, 3.63) is 5.82 Å². The van der Waals surface area contributed by atoms with Gasteiger partial charge in [-0.25, -0.2) is 4.98 Å². The molecule has 16 heavy (non-hydrogen) atoms. The molecule has 0 amide bonds. The minimum absolute atomic E-state index is 0.281. The fourth-order valence-corrected chi connectivity index (χ4v) is 2.71. The summed E-state index contributed by atoms with van der Waals surface area (Å²) in [6.07, 6.45) is 0. The Hall–Kier alpha value is -0.680. The third kappa shape index (κ3) is 2.52. The maximum Gasteiger partial charge on any atom is 0.205 e. The number of aromatic nitrogens is 2. The summed E-state index contributed by atoms with van der Waals surface area (Å²) in [4.78, 5) is 9.30. The van der Waals surface area contributed by atoms with Gasteiger partial charge in [-0.1, -0.05) is 0 Å². The van der Waals surface area contributed by atoms with Gasteiger partial charge in [-0.15, -0.1) is 0 Å². The molecule has 1 aromatic rings. The Labute approximate surface area is 101 Å². The molecule has 2 heterocycles. The highest BCUT2D eigenvalue weighted by atomic mass is 32.1. The van der Waals surface area contributed by atoms with Crippen LogP contribution in [0.3, 0.4) is 0 Å². The molecule has 5 heteroatoms. The summed E-state index contributed by atoms with van der Waals surface area (Å²) < 4.78 is 4.23. The van der Waals surface area contributed by atoms with Crippen LogP contribution in [0.4, 0.5) is 5.13 Å². The smallest absolute Gasteiger partial charge is 0.205 e. The predicted molar refractivity (Wildman–Crippen MR) is 68.2 cm³/mol. The molecule has 1 aromatic heterocycles. The van der Waals surface area contributed by atoms with Crippen LogP contribution in [-0.4, -0.2) is 46.0 Å². The summed E-state index contributed by atoms with van der Waals surface area (Å²) in [7, 11) is 0. The largest absolute Gasteiger partial charge is 0.344 e. The van der Waals surface area contributed by atoms with Crippen molar-refractivity contribution < 1.29 is 0 Å². The van der Waals surface area contributed by atoms with E-state index < -0.39 is 0 Å². The third-order valence-electron chi connectivity index (χ3n) is 3.02. The molecule has 0 saturated carbocycles. The molecule has 0 unspecified atom stereocenters. The maximum atomic E-state index is 4.44. The van der Waals surface area contributed by atoms with Crippen molar-refractivity contribution in [3.63, 3.8) is 0 Å². The van der Waals surface area contributed by atoms with E-state index in [9.17, 15) is 0 Å². The SMILES string of the molecule is Cc1nsc(N2CCN(C(C)(C)C)CC2)n1. The lowest BCUT2D eigenvalue weighted by molar-refractivity contribution is 0.128. The van der Waals surface area contributed by atoms with Crippen LogP contribution in [-0.2, 0) is 0 Å². The Balaban J connectivity index is 1.95. The van der Waals surface area contributed by atoms with Gasteiger partial charge in [0.25, 0.3) is 0 Å². The summed E-state index contributed by atoms with van der Waals surface area (Å²) in [5, 5.41) is 1.08. The van der Waals surface area contributed by atoms with Gasteiger partial charge < -0.3 is 4.90 Å². The van der Waals surface area contributed by atoms with E-state index in [4.69, 9.17) is 0 Å². The van der Waals surface area contributed by atoms with Crippen molar-refractivity contribution >= 4 is 16.7 Å². The Bertz CT molecular complexity index is 347. The van der Waals surface area contributed by atoms with Gasteiger partial charge >= 0.3 is 0 Å². The first kappa shape index (κ1) is 11.8. The molecular weight excluding hydrogens is 220 g/mol. The molecule has 90 valence electrons. The number of hydrogen-bond donors (Lipinski definition) is 0. The van der Waals surface area contributed by atoms with Crippen LogP contribution in [0.2, 0.25) is 0 Å². The van der Waals surface area contributed by atoms with Gasteiger partial charge in [-0.3, -0.25) is 4.90 Å². The fraction of sp³-hybridized carbons (Fsp3) is 0.818. The normalized spacial score (nSPS) is 19.1. The molecule has 1 fully saturated rings. The molecule has 0 radical (unpaired) electrons. The lowest BCUT2D eigenvalue weighted by atomic mass is 10.1. The van der Waals surface area contributed by atoms with Crippen molar-refractivity contribution in [1.29, 1.82) is 0 Å². The number of anilines is 1. The molecule has 1 saturated heterocycles. The van der Waals surface area contributed by atoms with Gasteiger partial charge in [0.1, 0.15) is 5.82 Å². The summed E-state index contributed by atoms with van der Waals surface area (Å²) >= 11 is 1.51. The number of rotatable bonds is 1. The van der Waals surface area contributed by atoms with Crippen LogP contribution in [0.25, 0.3) is 0 Å². The highest BCUT2D eigenvalue weighted by molar-refractivity contribution is 7.09. The fourth-order valence-electron chi connectivity index (χ4n) is 1.98. The molecule has 0 aliphatic carbocycles. The van der Waals surface area contributed by atoms with Gasteiger partial charge in [-0.05, 0) is 27.7 Å². The molecule has 0 bridgehead atoms. The number of piperazine rings is 1. The van der Waals surface area contributed by atoms with E-state index in [1.807, 2.05) is 6.92 Å². The summed E-state index contributed by atoms with van der Waals surface area (Å²) in [6, 6.07) is 0. The zero-order valence-corrected chi connectivity index (χ0v) is 11.3. The molecule has 1 aliphatic rings. The molecule has 0 aromatic carbocycles. The monoisotopic (exact) mass is 240 g/mol. The van der Waals surface area contributed by atoms with Gasteiger partial charge in [0, 0.05) is 43.3 Å². The van der Waals surface area contributed by atoms with Crippen LogP contribution in [0, 0.1) is 6.92 Å². The molecule has 0 N–H and O–H groups in total. The lowest BCUT2D eigenvalue weighted by Gasteiger charge is -2.42. The van der Waals surface area contributed by atoms with Crippen molar-refractivity contribution in [3.8, 4) is 0 Å². The lowest BCUT2D eigenvalue weighted by Crippen LogP contribution is -2.53. The average molecular weight is 240 g/mol. The Morgan fingerprint density at radius 2 is 1.75 bits per heavy atom. The minimum Gasteiger partial charge on any atom is -0.344 e. The first-order valence-electron chi connectivity index (χ1n) is 5.77. The Morgan fingerprint density at radius 3 is 2.19 bits per heavy atom. The number of aryl methyl sites for hydroxylation is 1. The van der Waals surface area contributed by atoms with E-state index in [-0.39, 0.29) is 5.54 Å². The third-order valence-corrected chi connectivity index (χ3v) is 3.88. The number of hydrogen-bond acceptors (Lipinski definition) is 5. The molecule has 2 rings (SSSR count). The van der Waals surface area contributed by atoms with E-state index in [1.54, 1.807) is 0 Å². The average Bonchev–Trinajstić information content (AvgIpc) is 2.64. The quantitative estimate of drug-likeness (QED) is 0.749. The van der Waals surface area contributed by atoms with Crippen LogP contribution in [0.1, 0.15) is 26.6 Å². The molecular formula is C11H20N4S. The van der Waals surface area contributed by atoms with Crippen molar-refractivity contribution in [2.24, 2.45) is 0 Å². The Morgan fingerprint density at radius 1 is 1.12 bits per heavy atom. The van der Waals surface area contributed by atoms with Crippen LogP contribution in [0.15, 0.2) is 0 Å². The van der Waals surface area contributed by atoms with Gasteiger partial charge in [0.15, 0.2) is 0 Å². The second kappa shape index (κ2) is 4.30. The number of nitrogens with zero attached hydrogens (tertiary/aromatic N) is 4. The first-order chi connectivity index (χ1) is 7.47. The highest BCUT2D eigenvalue weighted by Crippen LogP contribution is 2.21. The topological polar surface area (TPSA) is 32.3 Å². The molecule has 4 nitrogen and oxygen atoms in total. The second-order valence-corrected chi connectivity index (χ2v) is 6.00. The zero-order valence-electron chi connectivity index (χ0n) is 10.5. The van der Waals surface area contributed by atoms with Crippen LogP contribution >= 0.6 is 11.5 Å². The van der Waals surface area contributed by atoms with E-state index in [1.165, 1.54) is 11.5 Å². The summed E-state index contributed by atoms with van der Waals surface area (Å²) in [5.41, 5.74) is 0.281. The molecule has 0 atom stereocenters. The maximum absolute atomic E-state index is 4.44. The Kier molecular flexibility index (Phi) is 3.17. The van der Waals surface area contributed by atoms with Gasteiger partial charge in [-0.2, -0.15) is 4.37 Å². The molecule has 1 aliphatic heterocycles. The van der Waals surface area contributed by atoms with Crippen molar-refractivity contribution in [1.82, 2.24) is 14.3 Å². The highest BCUT2D eigenvalue weighted by Gasteiger charge is 2.26. The van der Waals surface area contributed by atoms with Crippen molar-refractivity contribution in [2.75, 3.05) is 31.1 Å². The standard InChI is InChI=1S/C11H20N4S/c1-9-12-10(16-13-9)14-5-7-15(8-6-14)11(2,3)4/h5-8H2,1-4H3. The van der Waals surface area contributed by atoms with Gasteiger partial charge in [0.05, 0.1) is 0 Å². The second-order valence-electron chi connectivity index (χ2n) is 5.27. The summed E-state index contributed by atoms with van der Waals surface area (Å²) in [5.74, 6) is 0.887. The van der Waals surface area contributed by atoms with E-state index >= 15 is 0 Å². The van der Waals surface area contributed by atoms with E-state index in [0.717, 1.165) is 37.1 Å². The summed E-state index contributed by atoms with van der Waals surface area (Å²) in [6.45, 7) is 13.1. The van der Waals surface area contributed by atoms with Crippen LogP contribution in [0.5, 0.6) is 0 Å². The molecule has 0 spiro atoms. The van der Waals surface area contributed by atoms with Crippen LogP contribution < -0.4 is 4.90 Å². The zero-order chi connectivity index (χ0) is 11.8. The first-order valence-corrected chi connectivity index (χ1v) is 6.54. The van der Waals surface area contributed by atoms with Gasteiger partial charge in [0.2, 0.25) is 5.13 Å². The van der Waals surface area contributed by atoms with E-state index in [0.29, 0.717) is 0 Å². The minimum atomic E-state index is 0.281. The van der Waals surface area contributed by atoms with E-state index in [2.05, 4.69) is 39.9 Å². The predicted octanol–water partition coefficient (Wildman–Crippen LogP) is 1.77.